The van der Waals surface area contributed by atoms with Gasteiger partial charge in [0.1, 0.15) is 5.75 Å². The second-order valence-electron chi connectivity index (χ2n) is 8.43. The lowest BCUT2D eigenvalue weighted by Crippen LogP contribution is -2.53. The molecule has 0 radical (unpaired) electrons. The maximum Gasteiger partial charge on any atom is 0.267 e. The van der Waals surface area contributed by atoms with E-state index in [4.69, 9.17) is 4.74 Å². The van der Waals surface area contributed by atoms with Gasteiger partial charge >= 0.3 is 0 Å². The van der Waals surface area contributed by atoms with Gasteiger partial charge in [0.05, 0.1) is 24.4 Å². The Morgan fingerprint density at radius 2 is 1.84 bits per heavy atom. The van der Waals surface area contributed by atoms with Crippen LogP contribution in [0.25, 0.3) is 11.3 Å². The lowest BCUT2D eigenvalue weighted by Gasteiger charge is -2.41. The summed E-state index contributed by atoms with van der Waals surface area (Å²) < 4.78 is 7.01. The highest BCUT2D eigenvalue weighted by molar-refractivity contribution is 6.00. The van der Waals surface area contributed by atoms with Crippen LogP contribution in [0.15, 0.2) is 59.4 Å². The topological polar surface area (TPSA) is 67.7 Å². The molecule has 7 heteroatoms. The Balaban J connectivity index is 1.36. The van der Waals surface area contributed by atoms with Crippen molar-refractivity contribution in [1.29, 1.82) is 0 Å². The molecule has 5 rings (SSSR count). The molecular formula is C25H26N4O3. The molecule has 0 N–H and O–H groups in total. The van der Waals surface area contributed by atoms with Gasteiger partial charge in [-0.3, -0.25) is 9.59 Å². The number of carbonyl (C=O) groups is 1. The van der Waals surface area contributed by atoms with Crippen LogP contribution in [0, 0.1) is 6.92 Å². The molecule has 3 aromatic rings. The molecule has 2 aliphatic rings. The molecule has 0 bridgehead atoms. The smallest absolute Gasteiger partial charge is 0.267 e. The van der Waals surface area contributed by atoms with Crippen LogP contribution in [0.5, 0.6) is 5.75 Å². The maximum absolute atomic E-state index is 13.1. The third kappa shape index (κ3) is 3.53. The quantitative estimate of drug-likeness (QED) is 0.622. The van der Waals surface area contributed by atoms with Gasteiger partial charge in [-0.1, -0.05) is 18.2 Å². The summed E-state index contributed by atoms with van der Waals surface area (Å²) in [5, 5.41) is 4.62. The number of nitrogens with zero attached hydrogens (tertiary/aromatic N) is 4. The highest BCUT2D eigenvalue weighted by Gasteiger charge is 2.35. The summed E-state index contributed by atoms with van der Waals surface area (Å²) in [6.07, 6.45) is 1.16. The summed E-state index contributed by atoms with van der Waals surface area (Å²) in [5.74, 6) is 0.726. The summed E-state index contributed by atoms with van der Waals surface area (Å²) in [5.41, 5.74) is 4.15. The predicted octanol–water partition coefficient (Wildman–Crippen LogP) is 3.13. The molecule has 0 saturated carbocycles. The first-order valence-corrected chi connectivity index (χ1v) is 10.9. The van der Waals surface area contributed by atoms with Crippen molar-refractivity contribution in [2.24, 2.45) is 0 Å². The lowest BCUT2D eigenvalue weighted by atomic mass is 10.0. The summed E-state index contributed by atoms with van der Waals surface area (Å²) in [6, 6.07) is 16.8. The molecule has 32 heavy (non-hydrogen) atoms. The molecule has 2 aliphatic heterocycles. The SMILES string of the molecule is COc1cc(C)ccc1-c1ccc(=O)n(C2CN(C(=O)c3ccccc3N3CCC3)C2)n1. The van der Waals surface area contributed by atoms with Crippen molar-refractivity contribution in [3.63, 3.8) is 0 Å². The van der Waals surface area contributed by atoms with E-state index in [2.05, 4.69) is 10.00 Å². The van der Waals surface area contributed by atoms with Gasteiger partial charge in [-0.15, -0.1) is 0 Å². The first kappa shape index (κ1) is 20.3. The highest BCUT2D eigenvalue weighted by atomic mass is 16.5. The molecule has 2 fully saturated rings. The van der Waals surface area contributed by atoms with Gasteiger partial charge in [0.25, 0.3) is 11.5 Å². The van der Waals surface area contributed by atoms with Crippen molar-refractivity contribution in [1.82, 2.24) is 14.7 Å². The van der Waals surface area contributed by atoms with Crippen molar-refractivity contribution in [2.75, 3.05) is 38.2 Å². The molecule has 0 unspecified atom stereocenters. The van der Waals surface area contributed by atoms with Crippen LogP contribution in [0.3, 0.4) is 0 Å². The Morgan fingerprint density at radius 3 is 2.56 bits per heavy atom. The molecule has 2 aromatic carbocycles. The van der Waals surface area contributed by atoms with Crippen LogP contribution in [0.2, 0.25) is 0 Å². The molecule has 0 atom stereocenters. The summed E-state index contributed by atoms with van der Waals surface area (Å²) in [4.78, 5) is 29.7. The monoisotopic (exact) mass is 430 g/mol. The zero-order valence-corrected chi connectivity index (χ0v) is 18.3. The minimum Gasteiger partial charge on any atom is -0.496 e. The van der Waals surface area contributed by atoms with Gasteiger partial charge in [-0.2, -0.15) is 5.10 Å². The Bertz CT molecular complexity index is 1230. The number of para-hydroxylation sites is 1. The lowest BCUT2D eigenvalue weighted by molar-refractivity contribution is 0.0494. The summed E-state index contributed by atoms with van der Waals surface area (Å²) >= 11 is 0. The number of hydrogen-bond donors (Lipinski definition) is 0. The number of aryl methyl sites for hydroxylation is 1. The van der Waals surface area contributed by atoms with Gasteiger partial charge in [0, 0.05) is 43.5 Å². The molecule has 1 aromatic heterocycles. The van der Waals surface area contributed by atoms with Gasteiger partial charge in [-0.05, 0) is 49.2 Å². The van der Waals surface area contributed by atoms with E-state index < -0.39 is 0 Å². The average molecular weight is 431 g/mol. The molecule has 1 amide bonds. The number of aromatic nitrogens is 2. The minimum absolute atomic E-state index is 0.00755. The van der Waals surface area contributed by atoms with Crippen molar-refractivity contribution in [3.8, 4) is 17.0 Å². The number of hydrogen-bond acceptors (Lipinski definition) is 5. The third-order valence-corrected chi connectivity index (χ3v) is 6.28. The third-order valence-electron chi connectivity index (χ3n) is 6.28. The number of carbonyl (C=O) groups excluding carboxylic acids is 1. The number of amides is 1. The van der Waals surface area contributed by atoms with E-state index in [0.717, 1.165) is 47.6 Å². The Morgan fingerprint density at radius 1 is 1.06 bits per heavy atom. The fourth-order valence-corrected chi connectivity index (χ4v) is 4.27. The zero-order valence-electron chi connectivity index (χ0n) is 18.3. The molecule has 0 spiro atoms. The van der Waals surface area contributed by atoms with Gasteiger partial charge < -0.3 is 14.5 Å². The van der Waals surface area contributed by atoms with Crippen molar-refractivity contribution >= 4 is 11.6 Å². The van der Waals surface area contributed by atoms with E-state index in [1.165, 1.54) is 10.7 Å². The van der Waals surface area contributed by atoms with E-state index in [1.807, 2.05) is 49.4 Å². The largest absolute Gasteiger partial charge is 0.496 e. The normalized spacial score (nSPS) is 15.8. The Labute approximate surface area is 186 Å². The van der Waals surface area contributed by atoms with E-state index in [0.29, 0.717) is 18.8 Å². The van der Waals surface area contributed by atoms with Crippen LogP contribution < -0.4 is 15.2 Å². The van der Waals surface area contributed by atoms with Gasteiger partial charge in [0.2, 0.25) is 0 Å². The van der Waals surface area contributed by atoms with Crippen LogP contribution in [-0.2, 0) is 0 Å². The molecule has 7 nitrogen and oxygen atoms in total. The Kier molecular flexibility index (Phi) is 5.17. The fourth-order valence-electron chi connectivity index (χ4n) is 4.27. The molecule has 0 aliphatic carbocycles. The second-order valence-corrected chi connectivity index (χ2v) is 8.43. The number of benzene rings is 2. The van der Waals surface area contributed by atoms with E-state index in [1.54, 1.807) is 18.1 Å². The molecule has 2 saturated heterocycles. The predicted molar refractivity (Wildman–Crippen MR) is 123 cm³/mol. The zero-order chi connectivity index (χ0) is 22.2. The van der Waals surface area contributed by atoms with Crippen molar-refractivity contribution in [3.05, 3.63) is 76.1 Å². The van der Waals surface area contributed by atoms with E-state index in [9.17, 15) is 9.59 Å². The molecule has 164 valence electrons. The van der Waals surface area contributed by atoms with Gasteiger partial charge in [-0.25, -0.2) is 4.68 Å². The van der Waals surface area contributed by atoms with Crippen molar-refractivity contribution < 1.29 is 9.53 Å². The van der Waals surface area contributed by atoms with Crippen LogP contribution in [0.4, 0.5) is 5.69 Å². The second kappa shape index (κ2) is 8.15. The number of methoxy groups -OCH3 is 1. The van der Waals surface area contributed by atoms with E-state index in [-0.39, 0.29) is 17.5 Å². The van der Waals surface area contributed by atoms with Crippen LogP contribution >= 0.6 is 0 Å². The fraction of sp³-hybridized carbons (Fsp3) is 0.320. The van der Waals surface area contributed by atoms with Crippen molar-refractivity contribution in [2.45, 2.75) is 19.4 Å². The summed E-state index contributed by atoms with van der Waals surface area (Å²) in [7, 11) is 1.63. The number of ether oxygens (including phenoxy) is 1. The standard InChI is InChI=1S/C25H26N4O3/c1-17-8-9-19(23(14-17)32-2)21-10-11-24(30)29(26-21)18-15-28(16-18)25(31)20-6-3-4-7-22(20)27-12-5-13-27/h3-4,6-11,14,18H,5,12-13,15-16H2,1-2H3. The Hall–Kier alpha value is -3.61. The van der Waals surface area contributed by atoms with Crippen LogP contribution in [-0.4, -0.2) is 53.9 Å². The minimum atomic E-state index is -0.169. The maximum atomic E-state index is 13.1. The molecular weight excluding hydrogens is 404 g/mol. The first-order chi connectivity index (χ1) is 15.5. The molecule has 3 heterocycles. The average Bonchev–Trinajstić information content (AvgIpc) is 2.73. The van der Waals surface area contributed by atoms with E-state index >= 15 is 0 Å². The highest BCUT2D eigenvalue weighted by Crippen LogP contribution is 2.31. The first-order valence-electron chi connectivity index (χ1n) is 10.9. The number of likely N-dealkylation sites (tertiary alicyclic amines) is 1. The van der Waals surface area contributed by atoms with Crippen LogP contribution in [0.1, 0.15) is 28.4 Å². The number of rotatable bonds is 5. The number of anilines is 1. The van der Waals surface area contributed by atoms with Gasteiger partial charge in [0.15, 0.2) is 0 Å². The summed E-state index contributed by atoms with van der Waals surface area (Å²) in [6.45, 7) is 4.91.